The predicted molar refractivity (Wildman–Crippen MR) is 67.9 cm³/mol. The van der Waals surface area contributed by atoms with Gasteiger partial charge in [-0.25, -0.2) is 0 Å². The Hall–Kier alpha value is -0.880. The van der Waals surface area contributed by atoms with Crippen LogP contribution in [0, 0.1) is 0 Å². The molecule has 0 fully saturated rings. The molecule has 6 heteroatoms. The molecule has 1 atom stereocenters. The van der Waals surface area contributed by atoms with Crippen molar-refractivity contribution in [3.8, 4) is 5.75 Å². The van der Waals surface area contributed by atoms with Crippen LogP contribution in [0.3, 0.4) is 0 Å². The van der Waals surface area contributed by atoms with Crippen molar-refractivity contribution in [1.29, 1.82) is 0 Å². The standard InChI is InChI=1S/C12H16F3NOS/c1-9(16-7-8-18-12(13,14)15)10-3-5-11(17-2)6-4-10/h3-6,9,16H,7-8H2,1-2H3/t9-/m0/s1. The lowest BCUT2D eigenvalue weighted by Gasteiger charge is -2.15. The van der Waals surface area contributed by atoms with Gasteiger partial charge in [0.2, 0.25) is 0 Å². The van der Waals surface area contributed by atoms with Gasteiger partial charge in [-0.05, 0) is 36.4 Å². The van der Waals surface area contributed by atoms with Crippen molar-refractivity contribution in [3.05, 3.63) is 29.8 Å². The minimum absolute atomic E-state index is 0.00568. The molecule has 0 aromatic heterocycles. The number of rotatable bonds is 6. The van der Waals surface area contributed by atoms with Crippen LogP contribution in [0.2, 0.25) is 0 Å². The highest BCUT2D eigenvalue weighted by molar-refractivity contribution is 8.00. The molecule has 0 aliphatic rings. The number of hydrogen-bond donors (Lipinski definition) is 1. The van der Waals surface area contributed by atoms with Gasteiger partial charge in [-0.3, -0.25) is 0 Å². The van der Waals surface area contributed by atoms with E-state index in [0.717, 1.165) is 11.3 Å². The van der Waals surface area contributed by atoms with Gasteiger partial charge in [-0.2, -0.15) is 13.2 Å². The van der Waals surface area contributed by atoms with Crippen LogP contribution in [-0.4, -0.2) is 24.9 Å². The molecule has 0 unspecified atom stereocenters. The molecule has 0 aliphatic heterocycles. The van der Waals surface area contributed by atoms with Crippen molar-refractivity contribution in [2.45, 2.75) is 18.5 Å². The van der Waals surface area contributed by atoms with E-state index in [0.29, 0.717) is 6.54 Å². The Morgan fingerprint density at radius 1 is 1.28 bits per heavy atom. The van der Waals surface area contributed by atoms with E-state index in [1.165, 1.54) is 0 Å². The molecule has 0 saturated carbocycles. The van der Waals surface area contributed by atoms with E-state index in [1.807, 2.05) is 31.2 Å². The van der Waals surface area contributed by atoms with Gasteiger partial charge in [-0.1, -0.05) is 12.1 Å². The Kier molecular flexibility index (Phi) is 5.81. The van der Waals surface area contributed by atoms with Gasteiger partial charge in [0, 0.05) is 18.3 Å². The second-order valence-electron chi connectivity index (χ2n) is 3.74. The zero-order valence-electron chi connectivity index (χ0n) is 10.3. The zero-order valence-corrected chi connectivity index (χ0v) is 11.1. The summed E-state index contributed by atoms with van der Waals surface area (Å²) in [5.41, 5.74) is -3.13. The van der Waals surface area contributed by atoms with Gasteiger partial charge in [0.05, 0.1) is 7.11 Å². The van der Waals surface area contributed by atoms with Gasteiger partial charge in [0.15, 0.2) is 0 Å². The maximum atomic E-state index is 11.9. The third-order valence-corrected chi connectivity index (χ3v) is 3.17. The first-order valence-electron chi connectivity index (χ1n) is 5.50. The molecule has 0 saturated heterocycles. The lowest BCUT2D eigenvalue weighted by molar-refractivity contribution is -0.0327. The first-order chi connectivity index (χ1) is 8.42. The molecule has 0 heterocycles. The first kappa shape index (κ1) is 15.2. The molecule has 0 bridgehead atoms. The van der Waals surface area contributed by atoms with E-state index in [2.05, 4.69) is 5.32 Å². The number of benzene rings is 1. The third-order valence-electron chi connectivity index (χ3n) is 2.43. The fourth-order valence-corrected chi connectivity index (χ4v) is 1.90. The molecule has 0 aliphatic carbocycles. The Bertz CT molecular complexity index is 353. The quantitative estimate of drug-likeness (QED) is 0.804. The number of thioether (sulfide) groups is 1. The van der Waals surface area contributed by atoms with Crippen molar-refractivity contribution in [3.63, 3.8) is 0 Å². The van der Waals surface area contributed by atoms with Gasteiger partial charge >= 0.3 is 5.51 Å². The summed E-state index contributed by atoms with van der Waals surface area (Å²) in [5, 5.41) is 3.05. The number of halogens is 3. The number of methoxy groups -OCH3 is 1. The number of alkyl halides is 3. The topological polar surface area (TPSA) is 21.3 Å². The van der Waals surface area contributed by atoms with Crippen molar-refractivity contribution in [1.82, 2.24) is 5.32 Å². The van der Waals surface area contributed by atoms with Crippen LogP contribution >= 0.6 is 11.8 Å². The summed E-state index contributed by atoms with van der Waals surface area (Å²) in [6, 6.07) is 7.47. The van der Waals surface area contributed by atoms with Crippen molar-refractivity contribution >= 4 is 11.8 Å². The Balaban J connectivity index is 2.33. The molecule has 1 aromatic carbocycles. The average molecular weight is 279 g/mol. The van der Waals surface area contributed by atoms with Crippen molar-refractivity contribution in [2.24, 2.45) is 0 Å². The highest BCUT2D eigenvalue weighted by Gasteiger charge is 2.27. The van der Waals surface area contributed by atoms with Gasteiger partial charge in [0.1, 0.15) is 5.75 Å². The Morgan fingerprint density at radius 2 is 1.89 bits per heavy atom. The largest absolute Gasteiger partial charge is 0.497 e. The van der Waals surface area contributed by atoms with E-state index in [9.17, 15) is 13.2 Å². The van der Waals surface area contributed by atoms with Crippen LogP contribution < -0.4 is 10.1 Å². The molecule has 2 nitrogen and oxygen atoms in total. The molecule has 18 heavy (non-hydrogen) atoms. The summed E-state index contributed by atoms with van der Waals surface area (Å²) in [5.74, 6) is 0.780. The highest BCUT2D eigenvalue weighted by atomic mass is 32.2. The minimum Gasteiger partial charge on any atom is -0.497 e. The maximum absolute atomic E-state index is 11.9. The SMILES string of the molecule is COc1ccc([C@H](C)NCCSC(F)(F)F)cc1. The molecule has 1 rings (SSSR count). The number of ether oxygens (including phenoxy) is 1. The fourth-order valence-electron chi connectivity index (χ4n) is 1.45. The zero-order chi connectivity index (χ0) is 13.6. The lowest BCUT2D eigenvalue weighted by Crippen LogP contribution is -2.22. The van der Waals surface area contributed by atoms with E-state index >= 15 is 0 Å². The molecule has 102 valence electrons. The van der Waals surface area contributed by atoms with Crippen LogP contribution in [0.15, 0.2) is 24.3 Å². The number of hydrogen-bond acceptors (Lipinski definition) is 3. The molecule has 0 amide bonds. The smallest absolute Gasteiger partial charge is 0.441 e. The van der Waals surface area contributed by atoms with Gasteiger partial charge in [0.25, 0.3) is 0 Å². The summed E-state index contributed by atoms with van der Waals surface area (Å²) >= 11 is -0.00568. The van der Waals surface area contributed by atoms with E-state index in [-0.39, 0.29) is 23.6 Å². The van der Waals surface area contributed by atoms with E-state index in [4.69, 9.17) is 4.74 Å². The highest BCUT2D eigenvalue weighted by Crippen LogP contribution is 2.29. The van der Waals surface area contributed by atoms with Crippen LogP contribution in [0.4, 0.5) is 13.2 Å². The second-order valence-corrected chi connectivity index (χ2v) is 4.90. The van der Waals surface area contributed by atoms with Gasteiger partial charge < -0.3 is 10.1 Å². The third kappa shape index (κ3) is 5.64. The molecule has 0 spiro atoms. The number of nitrogens with one attached hydrogen (secondary N) is 1. The summed E-state index contributed by atoms with van der Waals surface area (Å²) in [6.07, 6.45) is 0. The molecular formula is C12H16F3NOS. The van der Waals surface area contributed by atoms with Crippen LogP contribution in [0.25, 0.3) is 0 Å². The molecule has 0 radical (unpaired) electrons. The van der Waals surface area contributed by atoms with Crippen molar-refractivity contribution < 1.29 is 17.9 Å². The Labute approximate surface area is 109 Å². The van der Waals surface area contributed by atoms with Crippen LogP contribution in [0.1, 0.15) is 18.5 Å². The van der Waals surface area contributed by atoms with Gasteiger partial charge in [-0.15, -0.1) is 0 Å². The minimum atomic E-state index is -4.15. The molecule has 1 aromatic rings. The summed E-state index contributed by atoms with van der Waals surface area (Å²) in [6.45, 7) is 2.23. The predicted octanol–water partition coefficient (Wildman–Crippen LogP) is 3.60. The van der Waals surface area contributed by atoms with E-state index in [1.54, 1.807) is 7.11 Å². The van der Waals surface area contributed by atoms with Crippen molar-refractivity contribution in [2.75, 3.05) is 19.4 Å². The summed E-state index contributed by atoms with van der Waals surface area (Å²) in [7, 11) is 1.59. The monoisotopic (exact) mass is 279 g/mol. The lowest BCUT2D eigenvalue weighted by atomic mass is 10.1. The van der Waals surface area contributed by atoms with E-state index < -0.39 is 5.51 Å². The molecule has 1 N–H and O–H groups in total. The normalized spacial score (nSPS) is 13.4. The second kappa shape index (κ2) is 6.89. The molecular weight excluding hydrogens is 263 g/mol. The Morgan fingerprint density at radius 3 is 2.39 bits per heavy atom. The first-order valence-corrected chi connectivity index (χ1v) is 6.49. The fraction of sp³-hybridized carbons (Fsp3) is 0.500. The van der Waals surface area contributed by atoms with Crippen LogP contribution in [0.5, 0.6) is 5.75 Å². The summed E-state index contributed by atoms with van der Waals surface area (Å²) in [4.78, 5) is 0. The average Bonchev–Trinajstić information content (AvgIpc) is 2.33. The van der Waals surface area contributed by atoms with Crippen LogP contribution in [-0.2, 0) is 0 Å². The maximum Gasteiger partial charge on any atom is 0.441 e. The summed E-state index contributed by atoms with van der Waals surface area (Å²) < 4.78 is 40.8.